The van der Waals surface area contributed by atoms with Crippen molar-refractivity contribution in [1.82, 2.24) is 0 Å². The number of rotatable bonds is 21. The van der Waals surface area contributed by atoms with Crippen molar-refractivity contribution in [3.05, 3.63) is 101 Å². The minimum Gasteiger partial charge on any atom is -0.508 e. The molecule has 1 unspecified atom stereocenters. The molecule has 0 saturated carbocycles. The summed E-state index contributed by atoms with van der Waals surface area (Å²) >= 11 is 0. The normalized spacial score (nSPS) is 28.1. The fraction of sp³-hybridized carbons (Fsp3) is 0.393. The molecule has 15 atom stereocenters. The first-order valence-corrected chi connectivity index (χ1v) is 25.8. The van der Waals surface area contributed by atoms with Crippen molar-refractivity contribution in [1.29, 1.82) is 0 Å². The first-order chi connectivity index (χ1) is 41.0. The Hall–Kier alpha value is -8.66. The molecule has 4 aliphatic rings. The lowest BCUT2D eigenvalue weighted by Gasteiger charge is -2.45. The predicted molar refractivity (Wildman–Crippen MR) is 283 cm³/mol. The van der Waals surface area contributed by atoms with Gasteiger partial charge in [0.2, 0.25) is 18.3 Å². The molecule has 4 heterocycles. The molecule has 0 spiro atoms. The van der Waals surface area contributed by atoms with Gasteiger partial charge in [0.05, 0.1) is 33.5 Å². The Kier molecular flexibility index (Phi) is 20.3. The van der Waals surface area contributed by atoms with E-state index in [2.05, 4.69) is 0 Å². The third-order valence-electron chi connectivity index (χ3n) is 13.6. The summed E-state index contributed by atoms with van der Waals surface area (Å²) in [5, 5.41) is 140. The van der Waals surface area contributed by atoms with Crippen LogP contribution in [0.3, 0.4) is 0 Å². The number of hydrogen-bond acceptors (Lipinski definition) is 29. The van der Waals surface area contributed by atoms with Crippen LogP contribution < -0.4 is 23.7 Å². The minimum absolute atomic E-state index is 0.000711. The van der Waals surface area contributed by atoms with E-state index < -0.39 is 171 Å². The van der Waals surface area contributed by atoms with Gasteiger partial charge in [-0.3, -0.25) is 9.59 Å². The second-order valence-corrected chi connectivity index (χ2v) is 19.4. The largest absolute Gasteiger partial charge is 0.508 e. The fourth-order valence-electron chi connectivity index (χ4n) is 9.09. The maximum Gasteiger partial charge on any atom is 0.331 e. The van der Waals surface area contributed by atoms with Gasteiger partial charge in [-0.15, -0.1) is 0 Å². The Balaban J connectivity index is 1.14. The third-order valence-corrected chi connectivity index (χ3v) is 13.6. The fourth-order valence-corrected chi connectivity index (χ4v) is 9.09. The Morgan fingerprint density at radius 2 is 1.22 bits per heavy atom. The quantitative estimate of drug-likeness (QED) is 0.0168. The number of carbonyl (C=O) groups is 4. The standard InChI is InChI=1S/C56H60O30/c1-74-34-12-23(4-8-29(34)59)5-10-41(64)77-21-39-47(70)49(72)53(86-55-52(44(67)31(61)20-79-55)85-42(65)11-6-24-13-35(75-2)45(68)36(14-24)76-3)56(84-39)82-37-18-27-32(80-51(37)25-7-9-28(58)30(60)15-25)16-26(57)17-33(27)81-54-50(73)48(71)46(69)38(83-54)22-78-43(66)19-40(62)63/h4-18,31,38-39,44,46-61,67-73H,19-22H2,1-3H3,(H,62,63)/b10-5+,11-6+/t31-,38+,39-,44-,46-,47-,48+,49-,50+,51?,52-,53-,54-,55-,56-/m1/s1. The van der Waals surface area contributed by atoms with Gasteiger partial charge in [-0.2, -0.15) is 0 Å². The molecule has 13 N–H and O–H groups in total. The molecule has 0 amide bonds. The van der Waals surface area contributed by atoms with Gasteiger partial charge in [0.15, 0.2) is 59.1 Å². The number of benzene rings is 4. The summed E-state index contributed by atoms with van der Waals surface area (Å²) in [5.41, 5.74) is 0.476. The lowest BCUT2D eigenvalue weighted by Crippen LogP contribution is -2.63. The van der Waals surface area contributed by atoms with Crippen LogP contribution in [0.4, 0.5) is 0 Å². The van der Waals surface area contributed by atoms with Crippen molar-refractivity contribution in [3.63, 3.8) is 0 Å². The molecule has 4 aromatic rings. The van der Waals surface area contributed by atoms with Gasteiger partial charge in [-0.25, -0.2) is 9.59 Å². The predicted octanol–water partition coefficient (Wildman–Crippen LogP) is -0.272. The van der Waals surface area contributed by atoms with Crippen LogP contribution in [0.5, 0.6) is 57.5 Å². The van der Waals surface area contributed by atoms with Crippen LogP contribution in [-0.2, 0) is 57.1 Å². The Bertz CT molecular complexity index is 3170. The lowest BCUT2D eigenvalue weighted by atomic mass is 9.97. The van der Waals surface area contributed by atoms with Crippen LogP contribution >= 0.6 is 0 Å². The number of methoxy groups -OCH3 is 3. The van der Waals surface area contributed by atoms with E-state index in [4.69, 9.17) is 66.7 Å². The number of phenolic OH excluding ortho intramolecular Hbond substituents is 5. The summed E-state index contributed by atoms with van der Waals surface area (Å²) in [7, 11) is 3.86. The zero-order valence-electron chi connectivity index (χ0n) is 45.4. The highest BCUT2D eigenvalue weighted by Gasteiger charge is 2.53. The average Bonchev–Trinajstić information content (AvgIpc) is 1.80. The number of phenols is 5. The van der Waals surface area contributed by atoms with E-state index in [0.717, 1.165) is 36.4 Å². The summed E-state index contributed by atoms with van der Waals surface area (Å²) in [4.78, 5) is 49.8. The molecule has 4 aliphatic heterocycles. The topological polar surface area (TPSA) is 451 Å². The van der Waals surface area contributed by atoms with Crippen molar-refractivity contribution in [3.8, 4) is 57.5 Å². The van der Waals surface area contributed by atoms with E-state index in [9.17, 15) is 80.5 Å². The van der Waals surface area contributed by atoms with E-state index in [0.29, 0.717) is 5.56 Å². The summed E-state index contributed by atoms with van der Waals surface area (Å²) < 4.78 is 73.9. The van der Waals surface area contributed by atoms with Crippen LogP contribution in [0, 0.1) is 0 Å². The van der Waals surface area contributed by atoms with Crippen LogP contribution in [0.1, 0.15) is 34.8 Å². The monoisotopic (exact) mass is 1210 g/mol. The molecule has 464 valence electrons. The summed E-state index contributed by atoms with van der Waals surface area (Å²) in [6.07, 6.45) is -24.3. The molecule has 30 nitrogen and oxygen atoms in total. The number of aliphatic hydroxyl groups excluding tert-OH is 7. The number of hydrogen-bond donors (Lipinski definition) is 13. The molecule has 0 aliphatic carbocycles. The number of ether oxygens (including phenoxy) is 13. The van der Waals surface area contributed by atoms with E-state index in [1.807, 2.05) is 0 Å². The minimum atomic E-state index is -2.17. The van der Waals surface area contributed by atoms with Gasteiger partial charge >= 0.3 is 23.9 Å². The second-order valence-electron chi connectivity index (χ2n) is 19.4. The number of carboxylic acid groups (broad SMARTS) is 1. The SMILES string of the molecule is COc1cc(/C=C/C(=O)OC[C@H]2O[C@@H](OC3=Cc4c(cc(O)cc4O[C@@H]4O[C@@H](COC(=O)CC(=O)O)[C@@H](O)[C@H](O)[C@@H]4O)OC3c3ccc(O)c(O)c3)[C@H](O[C@H]3OC[C@@H](O)[C@@H](O)[C@H]3OC(=O)/C=C/c3cc(OC)c(O)c(OC)c3)[C@H](O)[C@@H]2O)ccc1O. The molecule has 30 heteroatoms. The maximum absolute atomic E-state index is 13.5. The van der Waals surface area contributed by atoms with Crippen LogP contribution in [0.2, 0.25) is 0 Å². The third kappa shape index (κ3) is 14.7. The highest BCUT2D eigenvalue weighted by Crippen LogP contribution is 2.47. The molecular weight excluding hydrogens is 1150 g/mol. The van der Waals surface area contributed by atoms with Crippen molar-refractivity contribution >= 4 is 42.1 Å². The van der Waals surface area contributed by atoms with Gasteiger partial charge in [0, 0.05) is 29.8 Å². The molecule has 3 fully saturated rings. The van der Waals surface area contributed by atoms with Crippen LogP contribution in [0.25, 0.3) is 18.2 Å². The summed E-state index contributed by atoms with van der Waals surface area (Å²) in [5.74, 6) is -8.30. The number of aromatic hydroxyl groups is 5. The molecule has 8 rings (SSSR count). The highest BCUT2D eigenvalue weighted by atomic mass is 16.8. The Labute approximate surface area is 486 Å². The smallest absolute Gasteiger partial charge is 0.331 e. The van der Waals surface area contributed by atoms with Gasteiger partial charge in [-0.1, -0.05) is 12.1 Å². The van der Waals surface area contributed by atoms with Crippen LogP contribution in [0.15, 0.2) is 78.6 Å². The maximum atomic E-state index is 13.5. The van der Waals surface area contributed by atoms with Crippen LogP contribution in [-0.4, -0.2) is 217 Å². The summed E-state index contributed by atoms with van der Waals surface area (Å²) in [6.45, 7) is -2.33. The molecule has 0 aromatic heterocycles. The van der Waals surface area contributed by atoms with Gasteiger partial charge in [0.1, 0.15) is 97.6 Å². The number of esters is 3. The summed E-state index contributed by atoms with van der Waals surface area (Å²) in [6, 6.07) is 12.3. The Morgan fingerprint density at radius 1 is 0.593 bits per heavy atom. The number of aliphatic carboxylic acids is 1. The molecule has 0 bridgehead atoms. The molecule has 4 aromatic carbocycles. The van der Waals surface area contributed by atoms with Crippen molar-refractivity contribution in [2.45, 2.75) is 98.5 Å². The number of aliphatic hydroxyl groups is 7. The van der Waals surface area contributed by atoms with Crippen molar-refractivity contribution in [2.24, 2.45) is 0 Å². The second kappa shape index (κ2) is 27.6. The van der Waals surface area contributed by atoms with Gasteiger partial charge in [-0.05, 0) is 65.8 Å². The van der Waals surface area contributed by atoms with Crippen molar-refractivity contribution in [2.75, 3.05) is 41.2 Å². The molecule has 3 saturated heterocycles. The van der Waals surface area contributed by atoms with Crippen molar-refractivity contribution < 1.29 is 147 Å². The number of carbonyl (C=O) groups excluding carboxylic acids is 3. The Morgan fingerprint density at radius 3 is 1.90 bits per heavy atom. The zero-order chi connectivity index (χ0) is 62.3. The molecule has 0 radical (unpaired) electrons. The molecule has 86 heavy (non-hydrogen) atoms. The van der Waals surface area contributed by atoms with E-state index >= 15 is 0 Å². The van der Waals surface area contributed by atoms with E-state index in [1.54, 1.807) is 0 Å². The zero-order valence-corrected chi connectivity index (χ0v) is 45.4. The van der Waals surface area contributed by atoms with Gasteiger partial charge in [0.25, 0.3) is 0 Å². The molecular formula is C56H60O30. The first kappa shape index (κ1) is 63.4. The van der Waals surface area contributed by atoms with E-state index in [1.165, 1.54) is 76.0 Å². The number of carboxylic acids is 1. The van der Waals surface area contributed by atoms with Gasteiger partial charge < -0.3 is 128 Å². The lowest BCUT2D eigenvalue weighted by molar-refractivity contribution is -0.353. The first-order valence-electron chi connectivity index (χ1n) is 25.8. The highest BCUT2D eigenvalue weighted by molar-refractivity contribution is 5.90. The average molecular weight is 1210 g/mol. The van der Waals surface area contributed by atoms with E-state index in [-0.39, 0.29) is 51.2 Å². The number of fused-ring (bicyclic) bond motifs is 1.